The Balaban J connectivity index is 2.19. The molecule has 0 heterocycles. The van der Waals surface area contributed by atoms with E-state index in [1.807, 2.05) is 6.07 Å². The number of carbonyl (C=O) groups is 2. The molecule has 26 heavy (non-hydrogen) atoms. The van der Waals surface area contributed by atoms with Crippen LogP contribution in [0.1, 0.15) is 18.1 Å². The number of amides is 2. The average molecular weight is 361 g/mol. The van der Waals surface area contributed by atoms with Gasteiger partial charge < -0.3 is 10.2 Å². The van der Waals surface area contributed by atoms with Crippen LogP contribution in [0.15, 0.2) is 48.5 Å². The number of rotatable bonds is 4. The van der Waals surface area contributed by atoms with Gasteiger partial charge in [0.05, 0.1) is 17.2 Å². The minimum absolute atomic E-state index is 0.0340. The molecular formula is C18H14F3N3O2. The summed E-state index contributed by atoms with van der Waals surface area (Å²) < 4.78 is 38.5. The van der Waals surface area contributed by atoms with Crippen molar-refractivity contribution in [2.45, 2.75) is 13.1 Å². The number of anilines is 2. The molecule has 1 N–H and O–H groups in total. The van der Waals surface area contributed by atoms with Crippen molar-refractivity contribution in [1.29, 1.82) is 5.26 Å². The lowest BCUT2D eigenvalue weighted by Gasteiger charge is -2.21. The van der Waals surface area contributed by atoms with E-state index in [1.54, 1.807) is 18.2 Å². The van der Waals surface area contributed by atoms with Crippen molar-refractivity contribution >= 4 is 23.2 Å². The summed E-state index contributed by atoms with van der Waals surface area (Å²) in [6, 6.07) is 12.2. The molecule has 0 aliphatic rings. The summed E-state index contributed by atoms with van der Waals surface area (Å²) in [5.41, 5.74) is -0.262. The van der Waals surface area contributed by atoms with Crippen LogP contribution < -0.4 is 10.2 Å². The van der Waals surface area contributed by atoms with Crippen LogP contribution in [0.4, 0.5) is 24.5 Å². The van der Waals surface area contributed by atoms with Crippen molar-refractivity contribution in [2.75, 3.05) is 16.8 Å². The summed E-state index contributed by atoms with van der Waals surface area (Å²) in [6.07, 6.45) is -4.56. The number of hydrogen-bond acceptors (Lipinski definition) is 3. The fourth-order valence-corrected chi connectivity index (χ4v) is 2.25. The predicted molar refractivity (Wildman–Crippen MR) is 89.3 cm³/mol. The van der Waals surface area contributed by atoms with E-state index in [1.165, 1.54) is 18.2 Å². The Morgan fingerprint density at radius 2 is 1.85 bits per heavy atom. The summed E-state index contributed by atoms with van der Waals surface area (Å²) in [5.74, 6) is -1.18. The van der Waals surface area contributed by atoms with Gasteiger partial charge in [-0.3, -0.25) is 9.59 Å². The van der Waals surface area contributed by atoms with Crippen molar-refractivity contribution in [1.82, 2.24) is 0 Å². The van der Waals surface area contributed by atoms with Crippen LogP contribution in [0.5, 0.6) is 0 Å². The zero-order valence-electron chi connectivity index (χ0n) is 13.7. The smallest absolute Gasteiger partial charge is 0.324 e. The van der Waals surface area contributed by atoms with Gasteiger partial charge in [0.25, 0.3) is 0 Å². The molecule has 2 aromatic carbocycles. The van der Waals surface area contributed by atoms with Crippen molar-refractivity contribution in [3.05, 3.63) is 59.7 Å². The Labute approximate surface area is 147 Å². The molecule has 5 nitrogen and oxygen atoms in total. The van der Waals surface area contributed by atoms with Crippen LogP contribution in [0, 0.1) is 11.3 Å². The van der Waals surface area contributed by atoms with E-state index >= 15 is 0 Å². The first-order valence-corrected chi connectivity index (χ1v) is 7.46. The van der Waals surface area contributed by atoms with Gasteiger partial charge >= 0.3 is 6.18 Å². The maximum Gasteiger partial charge on any atom is 0.416 e. The summed E-state index contributed by atoms with van der Waals surface area (Å²) in [4.78, 5) is 24.9. The second-order valence-electron chi connectivity index (χ2n) is 5.39. The summed E-state index contributed by atoms with van der Waals surface area (Å²) in [5, 5.41) is 11.4. The number of benzene rings is 2. The highest BCUT2D eigenvalue weighted by Gasteiger charge is 2.31. The molecule has 0 saturated heterocycles. The maximum atomic E-state index is 12.8. The number of nitrogens with one attached hydrogen (secondary N) is 1. The van der Waals surface area contributed by atoms with Gasteiger partial charge in [-0.1, -0.05) is 12.1 Å². The Morgan fingerprint density at radius 1 is 1.15 bits per heavy atom. The normalized spacial score (nSPS) is 10.7. The molecule has 2 rings (SSSR count). The minimum Gasteiger partial charge on any atom is -0.324 e. The number of nitriles is 1. The third-order valence-corrected chi connectivity index (χ3v) is 3.44. The standard InChI is InChI=1S/C18H14F3N3O2/c1-12(25)24(16-7-3-5-14(9-16)18(19,20)21)11-17(26)23-15-6-2-4-13(8-15)10-22/h2-9H,11H2,1H3,(H,23,26). The van der Waals surface area contributed by atoms with Gasteiger partial charge in [0, 0.05) is 18.3 Å². The lowest BCUT2D eigenvalue weighted by molar-refractivity contribution is -0.137. The molecule has 0 saturated carbocycles. The van der Waals surface area contributed by atoms with Crippen molar-refractivity contribution in [3.63, 3.8) is 0 Å². The van der Waals surface area contributed by atoms with E-state index in [0.29, 0.717) is 11.3 Å². The van der Waals surface area contributed by atoms with Gasteiger partial charge in [0.1, 0.15) is 6.54 Å². The highest BCUT2D eigenvalue weighted by molar-refractivity contribution is 6.01. The van der Waals surface area contributed by atoms with Gasteiger partial charge in [0.15, 0.2) is 0 Å². The molecule has 0 aliphatic carbocycles. The number of alkyl halides is 3. The second-order valence-corrected chi connectivity index (χ2v) is 5.39. The lowest BCUT2D eigenvalue weighted by atomic mass is 10.1. The SMILES string of the molecule is CC(=O)N(CC(=O)Nc1cccc(C#N)c1)c1cccc(C(F)(F)F)c1. The first-order chi connectivity index (χ1) is 12.2. The quantitative estimate of drug-likeness (QED) is 0.905. The summed E-state index contributed by atoms with van der Waals surface area (Å²) >= 11 is 0. The number of halogens is 3. The number of hydrogen-bond donors (Lipinski definition) is 1. The van der Waals surface area contributed by atoms with Crippen LogP contribution >= 0.6 is 0 Å². The second kappa shape index (κ2) is 7.70. The molecule has 0 aromatic heterocycles. The zero-order valence-corrected chi connectivity index (χ0v) is 13.7. The van der Waals surface area contributed by atoms with Crippen LogP contribution in [0.2, 0.25) is 0 Å². The zero-order chi connectivity index (χ0) is 19.3. The van der Waals surface area contributed by atoms with Crippen LogP contribution in [0.25, 0.3) is 0 Å². The molecule has 0 atom stereocenters. The summed E-state index contributed by atoms with van der Waals surface area (Å²) in [7, 11) is 0. The highest BCUT2D eigenvalue weighted by Crippen LogP contribution is 2.31. The molecule has 2 amide bonds. The van der Waals surface area contributed by atoms with Gasteiger partial charge in [-0.2, -0.15) is 18.4 Å². The van der Waals surface area contributed by atoms with Crippen LogP contribution in [0.3, 0.4) is 0 Å². The van der Waals surface area contributed by atoms with E-state index in [9.17, 15) is 22.8 Å². The van der Waals surface area contributed by atoms with Crippen LogP contribution in [-0.2, 0) is 15.8 Å². The van der Waals surface area contributed by atoms with E-state index in [2.05, 4.69) is 5.32 Å². The third-order valence-electron chi connectivity index (χ3n) is 3.44. The maximum absolute atomic E-state index is 12.8. The van der Waals surface area contributed by atoms with Gasteiger partial charge in [-0.25, -0.2) is 0 Å². The lowest BCUT2D eigenvalue weighted by Crippen LogP contribution is -2.36. The first-order valence-electron chi connectivity index (χ1n) is 7.46. The van der Waals surface area contributed by atoms with Crippen LogP contribution in [-0.4, -0.2) is 18.4 Å². The molecule has 134 valence electrons. The topological polar surface area (TPSA) is 73.2 Å². The number of carbonyl (C=O) groups excluding carboxylic acids is 2. The molecule has 8 heteroatoms. The monoisotopic (exact) mass is 361 g/mol. The molecular weight excluding hydrogens is 347 g/mol. The Morgan fingerprint density at radius 3 is 2.46 bits per heavy atom. The average Bonchev–Trinajstić information content (AvgIpc) is 2.59. The highest BCUT2D eigenvalue weighted by atomic mass is 19.4. The van der Waals surface area contributed by atoms with E-state index < -0.39 is 30.1 Å². The molecule has 0 radical (unpaired) electrons. The molecule has 0 bridgehead atoms. The fraction of sp³-hybridized carbons (Fsp3) is 0.167. The molecule has 2 aromatic rings. The Kier molecular flexibility index (Phi) is 5.62. The minimum atomic E-state index is -4.56. The van der Waals surface area contributed by atoms with Crippen molar-refractivity contribution in [3.8, 4) is 6.07 Å². The first kappa shape index (κ1) is 19.0. The number of nitrogens with zero attached hydrogens (tertiary/aromatic N) is 2. The molecule has 0 fully saturated rings. The van der Waals surface area contributed by atoms with Crippen molar-refractivity contribution < 1.29 is 22.8 Å². The van der Waals surface area contributed by atoms with E-state index in [-0.39, 0.29) is 5.69 Å². The largest absolute Gasteiger partial charge is 0.416 e. The van der Waals surface area contributed by atoms with Crippen molar-refractivity contribution in [2.24, 2.45) is 0 Å². The third kappa shape index (κ3) is 4.83. The summed E-state index contributed by atoms with van der Waals surface area (Å²) in [6.45, 7) is 0.692. The molecule has 0 spiro atoms. The Hall–Kier alpha value is -3.34. The van der Waals surface area contributed by atoms with Gasteiger partial charge in [-0.05, 0) is 36.4 Å². The predicted octanol–water partition coefficient (Wildman–Crippen LogP) is 3.57. The molecule has 0 unspecified atom stereocenters. The fourth-order valence-electron chi connectivity index (χ4n) is 2.25. The molecule has 0 aliphatic heterocycles. The van der Waals surface area contributed by atoms with E-state index in [0.717, 1.165) is 24.0 Å². The van der Waals surface area contributed by atoms with Gasteiger partial charge in [-0.15, -0.1) is 0 Å². The Bertz CT molecular complexity index is 872. The van der Waals surface area contributed by atoms with Gasteiger partial charge in [0.2, 0.25) is 11.8 Å². The van der Waals surface area contributed by atoms with E-state index in [4.69, 9.17) is 5.26 Å².